The second-order valence-electron chi connectivity index (χ2n) is 10.9. The van der Waals surface area contributed by atoms with Crippen molar-refractivity contribution in [1.82, 2.24) is 9.80 Å². The van der Waals surface area contributed by atoms with Crippen LogP contribution >= 0.6 is 0 Å². The molecular weight excluding hydrogens is 424 g/mol. The molecule has 3 aliphatic rings. The summed E-state index contributed by atoms with van der Waals surface area (Å²) in [6.07, 6.45) is 2.89. The molecule has 3 rings (SSSR count). The summed E-state index contributed by atoms with van der Waals surface area (Å²) < 4.78 is 11.7. The molecule has 1 N–H and O–H groups in total. The Labute approximate surface area is 197 Å². The highest BCUT2D eigenvalue weighted by atomic mass is 16.6. The van der Waals surface area contributed by atoms with Gasteiger partial charge >= 0.3 is 5.97 Å². The molecule has 8 nitrogen and oxygen atoms in total. The minimum absolute atomic E-state index is 0.202. The van der Waals surface area contributed by atoms with Crippen LogP contribution in [0.4, 0.5) is 0 Å². The van der Waals surface area contributed by atoms with Crippen molar-refractivity contribution in [3.63, 3.8) is 0 Å². The van der Waals surface area contributed by atoms with E-state index >= 15 is 0 Å². The van der Waals surface area contributed by atoms with Gasteiger partial charge in [0.25, 0.3) is 0 Å². The fourth-order valence-electron chi connectivity index (χ4n) is 6.06. The topological polar surface area (TPSA) is 96.4 Å². The summed E-state index contributed by atoms with van der Waals surface area (Å²) in [6, 6.07) is -1.45. The largest absolute Gasteiger partial charge is 0.466 e. The maximum absolute atomic E-state index is 14.2. The summed E-state index contributed by atoms with van der Waals surface area (Å²) in [4.78, 5) is 44.3. The Kier molecular flexibility index (Phi) is 7.30. The number of ether oxygens (including phenoxy) is 2. The highest BCUT2D eigenvalue weighted by Gasteiger charge is 2.75. The van der Waals surface area contributed by atoms with E-state index in [1.54, 1.807) is 22.8 Å². The second kappa shape index (κ2) is 9.37. The number of aliphatic hydroxyl groups is 1. The first-order valence-corrected chi connectivity index (χ1v) is 12.1. The van der Waals surface area contributed by atoms with Crippen molar-refractivity contribution in [3.8, 4) is 0 Å². The molecule has 0 aromatic carbocycles. The van der Waals surface area contributed by atoms with Gasteiger partial charge in [-0.05, 0) is 52.9 Å². The summed E-state index contributed by atoms with van der Waals surface area (Å²) in [5.41, 5.74) is -1.61. The summed E-state index contributed by atoms with van der Waals surface area (Å²) in [5, 5.41) is 10.3. The minimum atomic E-state index is -1.09. The van der Waals surface area contributed by atoms with Gasteiger partial charge in [-0.1, -0.05) is 19.9 Å². The number of nitrogens with zero attached hydrogens (tertiary/aromatic N) is 2. The molecule has 186 valence electrons. The first-order chi connectivity index (χ1) is 15.4. The number of hydrogen-bond donors (Lipinski definition) is 1. The van der Waals surface area contributed by atoms with Gasteiger partial charge in [-0.2, -0.15) is 0 Å². The van der Waals surface area contributed by atoms with Gasteiger partial charge < -0.3 is 24.4 Å². The first kappa shape index (κ1) is 25.7. The van der Waals surface area contributed by atoms with Crippen molar-refractivity contribution >= 4 is 17.8 Å². The van der Waals surface area contributed by atoms with Crippen molar-refractivity contribution < 1.29 is 29.0 Å². The van der Waals surface area contributed by atoms with Crippen molar-refractivity contribution in [1.29, 1.82) is 0 Å². The van der Waals surface area contributed by atoms with Crippen molar-refractivity contribution in [2.24, 2.45) is 17.8 Å². The number of fused-ring (bicyclic) bond motifs is 1. The third kappa shape index (κ3) is 4.20. The molecule has 2 bridgehead atoms. The minimum Gasteiger partial charge on any atom is -0.466 e. The zero-order valence-corrected chi connectivity index (χ0v) is 20.9. The van der Waals surface area contributed by atoms with Crippen LogP contribution in [-0.4, -0.2) is 81.8 Å². The number of amides is 2. The monoisotopic (exact) mass is 464 g/mol. The molecule has 0 aromatic heterocycles. The first-order valence-electron chi connectivity index (χ1n) is 12.1. The van der Waals surface area contributed by atoms with Crippen molar-refractivity contribution in [2.45, 2.75) is 90.1 Å². The molecular formula is C25H40N2O6. The molecule has 2 unspecified atom stereocenters. The molecule has 3 fully saturated rings. The van der Waals surface area contributed by atoms with Crippen LogP contribution in [0.15, 0.2) is 12.7 Å². The van der Waals surface area contributed by atoms with E-state index in [9.17, 15) is 19.5 Å². The Morgan fingerprint density at radius 3 is 2.58 bits per heavy atom. The molecule has 3 heterocycles. The van der Waals surface area contributed by atoms with E-state index in [1.807, 2.05) is 34.6 Å². The van der Waals surface area contributed by atoms with Crippen molar-refractivity contribution in [3.05, 3.63) is 12.7 Å². The normalized spacial score (nSPS) is 31.6. The van der Waals surface area contributed by atoms with Gasteiger partial charge in [0.1, 0.15) is 11.6 Å². The van der Waals surface area contributed by atoms with Gasteiger partial charge in [0.05, 0.1) is 37.2 Å². The molecule has 1 spiro atoms. The third-order valence-electron chi connectivity index (χ3n) is 7.27. The molecule has 2 amide bonds. The number of aliphatic hydroxyl groups excluding tert-OH is 1. The van der Waals surface area contributed by atoms with E-state index in [-0.39, 0.29) is 30.9 Å². The summed E-state index contributed by atoms with van der Waals surface area (Å²) in [6.45, 7) is 15.7. The SMILES string of the molecule is C=CCN(C(=O)C1N([C@@H](CO)CC(C)C)C(=O)[C@@H]2[C@@H](C(=O)OCC)[C@H]3CCC12O3)C(C)(C)C. The Bertz CT molecular complexity index is 790. The maximum Gasteiger partial charge on any atom is 0.312 e. The predicted molar refractivity (Wildman–Crippen MR) is 123 cm³/mol. The third-order valence-corrected chi connectivity index (χ3v) is 7.27. The lowest BCUT2D eigenvalue weighted by Crippen LogP contribution is -2.61. The lowest BCUT2D eigenvalue weighted by Gasteiger charge is -2.43. The number of rotatable bonds is 9. The van der Waals surface area contributed by atoms with Crippen LogP contribution in [0, 0.1) is 17.8 Å². The Morgan fingerprint density at radius 2 is 2.06 bits per heavy atom. The zero-order chi connectivity index (χ0) is 24.7. The van der Waals surface area contributed by atoms with E-state index < -0.39 is 47.1 Å². The Balaban J connectivity index is 2.12. The van der Waals surface area contributed by atoms with Crippen LogP contribution < -0.4 is 0 Å². The highest BCUT2D eigenvalue weighted by molar-refractivity contribution is 5.98. The van der Waals surface area contributed by atoms with Gasteiger partial charge in [0, 0.05) is 12.1 Å². The maximum atomic E-state index is 14.2. The van der Waals surface area contributed by atoms with Crippen LogP contribution in [0.1, 0.15) is 60.8 Å². The summed E-state index contributed by atoms with van der Waals surface area (Å²) in [5.74, 6) is -2.28. The van der Waals surface area contributed by atoms with Crippen LogP contribution in [0.25, 0.3) is 0 Å². The summed E-state index contributed by atoms with van der Waals surface area (Å²) >= 11 is 0. The van der Waals surface area contributed by atoms with Crippen LogP contribution in [0.5, 0.6) is 0 Å². The standard InChI is InChI=1S/C25H40N2O6/c1-8-12-26(24(5,6)7)22(30)20-25-11-10-17(33-25)18(23(31)32-9-2)19(25)21(29)27(20)16(14-28)13-15(3)4/h8,15-20,28H,1,9-14H2,2-7H3/t16-,17-,18+,19+,20?,25?/m1/s1. The average Bonchev–Trinajstić information content (AvgIpc) is 3.36. The van der Waals surface area contributed by atoms with Crippen LogP contribution in [0.3, 0.4) is 0 Å². The quantitative estimate of drug-likeness (QED) is 0.415. The molecule has 6 atom stereocenters. The zero-order valence-electron chi connectivity index (χ0n) is 20.9. The number of carbonyl (C=O) groups is 3. The molecule has 0 radical (unpaired) electrons. The van der Waals surface area contributed by atoms with E-state index in [2.05, 4.69) is 6.58 Å². The average molecular weight is 465 g/mol. The van der Waals surface area contributed by atoms with E-state index in [4.69, 9.17) is 9.47 Å². The highest BCUT2D eigenvalue weighted by Crippen LogP contribution is 2.59. The number of hydrogen-bond acceptors (Lipinski definition) is 6. The fourth-order valence-corrected chi connectivity index (χ4v) is 6.06. The molecule has 0 saturated carbocycles. The Hall–Kier alpha value is -1.93. The molecule has 0 aromatic rings. The molecule has 33 heavy (non-hydrogen) atoms. The second-order valence-corrected chi connectivity index (χ2v) is 10.9. The van der Waals surface area contributed by atoms with Crippen molar-refractivity contribution in [2.75, 3.05) is 19.8 Å². The van der Waals surface area contributed by atoms with Gasteiger partial charge in [-0.25, -0.2) is 0 Å². The number of likely N-dealkylation sites (tertiary alicyclic amines) is 1. The van der Waals surface area contributed by atoms with Gasteiger partial charge in [-0.3, -0.25) is 14.4 Å². The lowest BCUT2D eigenvalue weighted by atomic mass is 9.70. The molecule has 3 aliphatic heterocycles. The number of esters is 1. The molecule has 0 aliphatic carbocycles. The molecule has 8 heteroatoms. The lowest BCUT2D eigenvalue weighted by molar-refractivity contribution is -0.157. The predicted octanol–water partition coefficient (Wildman–Crippen LogP) is 2.14. The van der Waals surface area contributed by atoms with Gasteiger partial charge in [0.2, 0.25) is 11.8 Å². The fraction of sp³-hybridized carbons (Fsp3) is 0.800. The Morgan fingerprint density at radius 1 is 1.39 bits per heavy atom. The van der Waals surface area contributed by atoms with E-state index in [0.29, 0.717) is 25.8 Å². The smallest absolute Gasteiger partial charge is 0.312 e. The van der Waals surface area contributed by atoms with E-state index in [0.717, 1.165) is 0 Å². The van der Waals surface area contributed by atoms with Gasteiger partial charge in [-0.15, -0.1) is 6.58 Å². The van der Waals surface area contributed by atoms with Crippen LogP contribution in [-0.2, 0) is 23.9 Å². The van der Waals surface area contributed by atoms with E-state index in [1.165, 1.54) is 0 Å². The summed E-state index contributed by atoms with van der Waals surface area (Å²) in [7, 11) is 0. The van der Waals surface area contributed by atoms with Gasteiger partial charge in [0.15, 0.2) is 0 Å². The molecule has 3 saturated heterocycles. The van der Waals surface area contributed by atoms with Crippen LogP contribution in [0.2, 0.25) is 0 Å². The number of carbonyl (C=O) groups excluding carboxylic acids is 3.